The fourth-order valence-electron chi connectivity index (χ4n) is 1.94. The minimum atomic E-state index is -0.757. The van der Waals surface area contributed by atoms with Gasteiger partial charge in [-0.1, -0.05) is 6.58 Å². The van der Waals surface area contributed by atoms with Gasteiger partial charge >= 0.3 is 5.97 Å². The van der Waals surface area contributed by atoms with Crippen molar-refractivity contribution < 1.29 is 13.9 Å². The zero-order valence-electron chi connectivity index (χ0n) is 11.1. The lowest BCUT2D eigenvalue weighted by Gasteiger charge is -2.10. The Bertz CT molecular complexity index is 765. The first-order valence-corrected chi connectivity index (χ1v) is 5.97. The smallest absolute Gasteiger partial charge is 0.343 e. The number of carbonyl (C=O) groups excluding carboxylic acids is 1. The largest absolute Gasteiger partial charge is 0.465 e. The molecule has 2 heterocycles. The monoisotopic (exact) mass is 276 g/mol. The summed E-state index contributed by atoms with van der Waals surface area (Å²) >= 11 is 0. The summed E-state index contributed by atoms with van der Waals surface area (Å²) in [5, 5.41) is 0.0397. The van der Waals surface area contributed by atoms with Crippen molar-refractivity contribution in [3.05, 3.63) is 46.1 Å². The molecule has 2 aromatic heterocycles. The van der Waals surface area contributed by atoms with E-state index in [2.05, 4.69) is 16.3 Å². The second-order valence-corrected chi connectivity index (χ2v) is 4.08. The molecule has 0 N–H and O–H groups in total. The summed E-state index contributed by atoms with van der Waals surface area (Å²) < 4.78 is 19.9. The van der Waals surface area contributed by atoms with Crippen molar-refractivity contribution in [2.24, 2.45) is 0 Å². The van der Waals surface area contributed by atoms with Gasteiger partial charge in [0.25, 0.3) is 0 Å². The molecule has 2 rings (SSSR count). The number of pyridine rings is 2. The third kappa shape index (κ3) is 2.09. The number of aryl methyl sites for hydroxylation is 1. The van der Waals surface area contributed by atoms with Gasteiger partial charge in [0.05, 0.1) is 12.5 Å². The normalized spacial score (nSPS) is 10.6. The van der Waals surface area contributed by atoms with Crippen LogP contribution in [-0.2, 0) is 11.3 Å². The van der Waals surface area contributed by atoms with E-state index in [1.165, 1.54) is 19.4 Å². The lowest BCUT2D eigenvalue weighted by Crippen LogP contribution is -2.21. The summed E-state index contributed by atoms with van der Waals surface area (Å²) in [7, 11) is 1.18. The second kappa shape index (κ2) is 5.24. The summed E-state index contributed by atoms with van der Waals surface area (Å²) in [6, 6.07) is 1.07. The number of halogens is 1. The fraction of sp³-hybridized carbons (Fsp3) is 0.214. The Balaban J connectivity index is 2.92. The first kappa shape index (κ1) is 13.9. The van der Waals surface area contributed by atoms with Crippen molar-refractivity contribution in [3.8, 4) is 0 Å². The van der Waals surface area contributed by atoms with Crippen LogP contribution in [0.2, 0.25) is 0 Å². The Kier molecular flexibility index (Phi) is 3.65. The van der Waals surface area contributed by atoms with Crippen LogP contribution in [0.15, 0.2) is 23.6 Å². The van der Waals surface area contributed by atoms with Crippen LogP contribution in [0.5, 0.6) is 0 Å². The number of ether oxygens (including phenoxy) is 1. The fourth-order valence-corrected chi connectivity index (χ4v) is 1.94. The van der Waals surface area contributed by atoms with Gasteiger partial charge in [-0.05, 0) is 19.1 Å². The number of fused-ring (bicyclic) bond motifs is 1. The summed E-state index contributed by atoms with van der Waals surface area (Å²) in [4.78, 5) is 27.9. The third-order valence-corrected chi connectivity index (χ3v) is 2.97. The van der Waals surface area contributed by atoms with E-state index in [4.69, 9.17) is 0 Å². The molecule has 0 aromatic carbocycles. The highest BCUT2D eigenvalue weighted by molar-refractivity contribution is 5.93. The molecule has 0 spiro atoms. The molecule has 104 valence electrons. The molecule has 2 aromatic rings. The van der Waals surface area contributed by atoms with Crippen LogP contribution in [0.3, 0.4) is 0 Å². The molecule has 0 saturated carbocycles. The number of rotatable bonds is 3. The zero-order valence-corrected chi connectivity index (χ0v) is 11.1. The maximum atomic E-state index is 13.8. The summed E-state index contributed by atoms with van der Waals surface area (Å²) in [5.74, 6) is -1.42. The quantitative estimate of drug-likeness (QED) is 0.804. The number of methoxy groups -OCH3 is 1. The molecule has 0 unspecified atom stereocenters. The summed E-state index contributed by atoms with van der Waals surface area (Å²) in [6.45, 7) is 5.76. The van der Waals surface area contributed by atoms with Crippen LogP contribution >= 0.6 is 0 Å². The summed E-state index contributed by atoms with van der Waals surface area (Å²) in [6.07, 6.45) is 2.64. The number of nitrogens with zero attached hydrogens (tertiary/aromatic N) is 2. The van der Waals surface area contributed by atoms with Crippen LogP contribution in [0.1, 0.15) is 23.0 Å². The van der Waals surface area contributed by atoms with E-state index in [1.54, 1.807) is 4.57 Å². The molecule has 0 aliphatic carbocycles. The van der Waals surface area contributed by atoms with Crippen LogP contribution in [0.25, 0.3) is 17.1 Å². The van der Waals surface area contributed by atoms with Crippen molar-refractivity contribution >= 4 is 23.1 Å². The van der Waals surface area contributed by atoms with Gasteiger partial charge in [-0.25, -0.2) is 14.2 Å². The van der Waals surface area contributed by atoms with Gasteiger partial charge in [0, 0.05) is 12.7 Å². The lowest BCUT2D eigenvalue weighted by atomic mass is 10.1. The number of hydrogen-bond donors (Lipinski definition) is 0. The standard InChI is InChI=1S/C14H13FN2O3/c1-4-11-10(15)6-8-12(18)9(14(19)20-3)7-17(5-2)13(8)16-11/h4,6-7H,1,5H2,2-3H3. The van der Waals surface area contributed by atoms with Crippen molar-refractivity contribution in [3.63, 3.8) is 0 Å². The molecule has 5 nitrogen and oxygen atoms in total. The number of carbonyl (C=O) groups is 1. The van der Waals surface area contributed by atoms with Gasteiger partial charge in [0.1, 0.15) is 22.7 Å². The molecule has 6 heteroatoms. The third-order valence-electron chi connectivity index (χ3n) is 2.97. The number of aromatic nitrogens is 2. The Morgan fingerprint density at radius 3 is 2.85 bits per heavy atom. The number of hydrogen-bond acceptors (Lipinski definition) is 4. The van der Waals surface area contributed by atoms with Gasteiger partial charge in [-0.2, -0.15) is 0 Å². The Morgan fingerprint density at radius 2 is 2.30 bits per heavy atom. The maximum absolute atomic E-state index is 13.8. The molecule has 0 saturated heterocycles. The molecular formula is C14H13FN2O3. The van der Waals surface area contributed by atoms with Gasteiger partial charge in [-0.3, -0.25) is 4.79 Å². The molecule has 0 amide bonds. The van der Waals surface area contributed by atoms with Crippen molar-refractivity contribution in [1.82, 2.24) is 9.55 Å². The van der Waals surface area contributed by atoms with Crippen LogP contribution in [-0.4, -0.2) is 22.6 Å². The second-order valence-electron chi connectivity index (χ2n) is 4.08. The van der Waals surface area contributed by atoms with Crippen LogP contribution in [0.4, 0.5) is 4.39 Å². The van der Waals surface area contributed by atoms with Gasteiger partial charge in [-0.15, -0.1) is 0 Å². The zero-order chi connectivity index (χ0) is 14.9. The van der Waals surface area contributed by atoms with Gasteiger partial charge in [0.15, 0.2) is 0 Å². The molecule has 0 fully saturated rings. The van der Waals surface area contributed by atoms with Gasteiger partial charge < -0.3 is 9.30 Å². The Morgan fingerprint density at radius 1 is 1.60 bits per heavy atom. The van der Waals surface area contributed by atoms with Crippen molar-refractivity contribution in [1.29, 1.82) is 0 Å². The van der Waals surface area contributed by atoms with E-state index in [9.17, 15) is 14.0 Å². The molecule has 0 aliphatic rings. The van der Waals surface area contributed by atoms with E-state index in [0.717, 1.165) is 6.07 Å². The van der Waals surface area contributed by atoms with E-state index >= 15 is 0 Å². The first-order chi connectivity index (χ1) is 9.53. The Hall–Kier alpha value is -2.50. The highest BCUT2D eigenvalue weighted by atomic mass is 19.1. The first-order valence-electron chi connectivity index (χ1n) is 5.97. The topological polar surface area (TPSA) is 61.2 Å². The SMILES string of the molecule is C=Cc1nc2c(cc1F)c(=O)c(C(=O)OC)cn2CC. The van der Waals surface area contributed by atoms with E-state index < -0.39 is 17.2 Å². The predicted octanol–water partition coefficient (Wildman–Crippen LogP) is 1.99. The molecule has 0 bridgehead atoms. The molecule has 0 aliphatic heterocycles. The van der Waals surface area contributed by atoms with Crippen LogP contribution < -0.4 is 5.43 Å². The van der Waals surface area contributed by atoms with Crippen LogP contribution in [0, 0.1) is 5.82 Å². The lowest BCUT2D eigenvalue weighted by molar-refractivity contribution is 0.0598. The van der Waals surface area contributed by atoms with Gasteiger partial charge in [0.2, 0.25) is 5.43 Å². The van der Waals surface area contributed by atoms with Crippen molar-refractivity contribution in [2.45, 2.75) is 13.5 Å². The Labute approximate surface area is 114 Å². The van der Waals surface area contributed by atoms with E-state index in [0.29, 0.717) is 12.2 Å². The van der Waals surface area contributed by atoms with E-state index in [-0.39, 0.29) is 16.6 Å². The molecule has 20 heavy (non-hydrogen) atoms. The highest BCUT2D eigenvalue weighted by Crippen LogP contribution is 2.15. The highest BCUT2D eigenvalue weighted by Gasteiger charge is 2.17. The predicted molar refractivity (Wildman–Crippen MR) is 73.1 cm³/mol. The summed E-state index contributed by atoms with van der Waals surface area (Å²) in [5.41, 5.74) is -0.376. The minimum absolute atomic E-state index is 0.0397. The number of esters is 1. The maximum Gasteiger partial charge on any atom is 0.343 e. The minimum Gasteiger partial charge on any atom is -0.465 e. The van der Waals surface area contributed by atoms with E-state index in [1.807, 2.05) is 6.92 Å². The molecular weight excluding hydrogens is 263 g/mol. The molecule has 0 atom stereocenters. The molecule has 0 radical (unpaired) electrons. The average molecular weight is 276 g/mol. The average Bonchev–Trinajstić information content (AvgIpc) is 2.47. The van der Waals surface area contributed by atoms with Crippen molar-refractivity contribution in [2.75, 3.05) is 7.11 Å².